The van der Waals surface area contributed by atoms with Gasteiger partial charge in [0.15, 0.2) is 0 Å². The van der Waals surface area contributed by atoms with Gasteiger partial charge in [-0.25, -0.2) is 26.3 Å². The van der Waals surface area contributed by atoms with Gasteiger partial charge in [-0.05, 0) is 7.05 Å². The van der Waals surface area contributed by atoms with Crippen LogP contribution in [0, 0.1) is 0 Å². The first-order valence-electron chi connectivity index (χ1n) is 4.48. The third-order valence-corrected chi connectivity index (χ3v) is 4.75. The average molecular weight is 283 g/mol. The Balaban J connectivity index is 2.68. The molecule has 11 heteroatoms. The SMILES string of the molecule is CNS(=O)(=O)CCNS(=O)(=O)c1cn[nH]c1N. The summed E-state index contributed by atoms with van der Waals surface area (Å²) >= 11 is 0. The molecule has 0 aliphatic heterocycles. The number of rotatable bonds is 6. The van der Waals surface area contributed by atoms with Crippen molar-refractivity contribution in [1.29, 1.82) is 0 Å². The standard InChI is InChI=1S/C6H13N5O4S2/c1-8-16(12,13)3-2-10-17(14,15)5-4-9-11-6(5)7/h4,8,10H,2-3H2,1H3,(H3,7,9,11). The molecule has 0 aromatic carbocycles. The molecule has 0 aliphatic carbocycles. The third-order valence-electron chi connectivity index (χ3n) is 1.90. The molecule has 9 nitrogen and oxygen atoms in total. The number of H-pyrrole nitrogens is 1. The Bertz CT molecular complexity index is 575. The predicted octanol–water partition coefficient (Wildman–Crippen LogP) is -2.18. The molecule has 1 rings (SSSR count). The van der Waals surface area contributed by atoms with Gasteiger partial charge in [0, 0.05) is 6.54 Å². The van der Waals surface area contributed by atoms with Crippen molar-refractivity contribution < 1.29 is 16.8 Å². The van der Waals surface area contributed by atoms with E-state index in [9.17, 15) is 16.8 Å². The molecule has 0 fully saturated rings. The van der Waals surface area contributed by atoms with Crippen LogP contribution in [0.5, 0.6) is 0 Å². The Morgan fingerprint density at radius 1 is 1.41 bits per heavy atom. The van der Waals surface area contributed by atoms with Crippen molar-refractivity contribution >= 4 is 25.9 Å². The first kappa shape index (κ1) is 13.9. The van der Waals surface area contributed by atoms with Crippen LogP contribution in [0.4, 0.5) is 5.82 Å². The first-order valence-corrected chi connectivity index (χ1v) is 7.62. The van der Waals surface area contributed by atoms with Gasteiger partial charge >= 0.3 is 0 Å². The van der Waals surface area contributed by atoms with Gasteiger partial charge < -0.3 is 5.73 Å². The molecule has 5 N–H and O–H groups in total. The average Bonchev–Trinajstić information content (AvgIpc) is 2.64. The van der Waals surface area contributed by atoms with Crippen molar-refractivity contribution in [3.8, 4) is 0 Å². The minimum atomic E-state index is -3.84. The Kier molecular flexibility index (Phi) is 4.08. The number of aromatic amines is 1. The van der Waals surface area contributed by atoms with Crippen LogP contribution in [-0.2, 0) is 20.0 Å². The Hall–Kier alpha value is -1.17. The summed E-state index contributed by atoms with van der Waals surface area (Å²) in [4.78, 5) is -0.209. The summed E-state index contributed by atoms with van der Waals surface area (Å²) < 4.78 is 49.5. The van der Waals surface area contributed by atoms with Crippen LogP contribution in [0.25, 0.3) is 0 Å². The number of hydrogen-bond donors (Lipinski definition) is 4. The summed E-state index contributed by atoms with van der Waals surface area (Å²) in [5, 5.41) is 5.73. The van der Waals surface area contributed by atoms with E-state index in [-0.39, 0.29) is 23.0 Å². The lowest BCUT2D eigenvalue weighted by molar-refractivity contribution is 0.579. The fraction of sp³-hybridized carbons (Fsp3) is 0.500. The van der Waals surface area contributed by atoms with Gasteiger partial charge in [0.2, 0.25) is 20.0 Å². The predicted molar refractivity (Wildman–Crippen MR) is 61.0 cm³/mol. The third kappa shape index (κ3) is 3.66. The minimum absolute atomic E-state index is 0.103. The molecule has 17 heavy (non-hydrogen) atoms. The summed E-state index contributed by atoms with van der Waals surface area (Å²) in [5.74, 6) is -0.463. The molecule has 0 radical (unpaired) electrons. The van der Waals surface area contributed by atoms with Crippen LogP contribution in [-0.4, -0.2) is 46.4 Å². The fourth-order valence-electron chi connectivity index (χ4n) is 0.989. The number of anilines is 1. The number of hydrogen-bond acceptors (Lipinski definition) is 6. The smallest absolute Gasteiger partial charge is 0.245 e. The molecular formula is C6H13N5O4S2. The van der Waals surface area contributed by atoms with Crippen molar-refractivity contribution in [3.05, 3.63) is 6.20 Å². The number of nitrogens with two attached hydrogens (primary N) is 1. The largest absolute Gasteiger partial charge is 0.383 e. The monoisotopic (exact) mass is 283 g/mol. The Labute approximate surface area is 98.9 Å². The molecular weight excluding hydrogens is 270 g/mol. The lowest BCUT2D eigenvalue weighted by Crippen LogP contribution is -2.33. The lowest BCUT2D eigenvalue weighted by Gasteiger charge is -2.05. The van der Waals surface area contributed by atoms with E-state index in [1.54, 1.807) is 0 Å². The molecule has 0 bridgehead atoms. The second-order valence-corrected chi connectivity index (χ2v) is 6.85. The normalized spacial score (nSPS) is 12.8. The fourth-order valence-corrected chi connectivity index (χ4v) is 2.75. The maximum absolute atomic E-state index is 11.6. The maximum Gasteiger partial charge on any atom is 0.245 e. The van der Waals surface area contributed by atoms with Gasteiger partial charge in [0.1, 0.15) is 10.7 Å². The van der Waals surface area contributed by atoms with E-state index in [1.807, 2.05) is 0 Å². The summed E-state index contributed by atoms with van der Waals surface area (Å²) in [6, 6.07) is 0. The molecule has 1 aromatic heterocycles. The van der Waals surface area contributed by atoms with Crippen LogP contribution in [0.2, 0.25) is 0 Å². The molecule has 0 aliphatic rings. The van der Waals surface area contributed by atoms with E-state index < -0.39 is 20.0 Å². The van der Waals surface area contributed by atoms with Crippen LogP contribution in [0.3, 0.4) is 0 Å². The second kappa shape index (κ2) is 5.00. The van der Waals surface area contributed by atoms with Crippen molar-refractivity contribution in [3.63, 3.8) is 0 Å². The highest BCUT2D eigenvalue weighted by Gasteiger charge is 2.19. The van der Waals surface area contributed by atoms with E-state index in [2.05, 4.69) is 19.6 Å². The summed E-state index contributed by atoms with van der Waals surface area (Å²) in [6.45, 7) is -0.254. The second-order valence-electron chi connectivity index (χ2n) is 3.07. The van der Waals surface area contributed by atoms with Gasteiger partial charge in [-0.3, -0.25) is 5.10 Å². The van der Waals surface area contributed by atoms with Crippen LogP contribution < -0.4 is 15.2 Å². The highest BCUT2D eigenvalue weighted by atomic mass is 32.2. The quantitative estimate of drug-likeness (QED) is 0.466. The molecule has 98 valence electrons. The first-order chi connectivity index (χ1) is 7.78. The number of aromatic nitrogens is 2. The Morgan fingerprint density at radius 3 is 2.53 bits per heavy atom. The summed E-state index contributed by atoms with van der Waals surface area (Å²) in [6.07, 6.45) is 1.05. The van der Waals surface area contributed by atoms with Crippen LogP contribution in [0.1, 0.15) is 0 Å². The minimum Gasteiger partial charge on any atom is -0.383 e. The zero-order valence-electron chi connectivity index (χ0n) is 8.97. The topological polar surface area (TPSA) is 147 Å². The van der Waals surface area contributed by atoms with E-state index >= 15 is 0 Å². The van der Waals surface area contributed by atoms with E-state index in [0.717, 1.165) is 6.20 Å². The van der Waals surface area contributed by atoms with Crippen molar-refractivity contribution in [1.82, 2.24) is 19.6 Å². The van der Waals surface area contributed by atoms with Gasteiger partial charge in [-0.15, -0.1) is 0 Å². The van der Waals surface area contributed by atoms with Crippen LogP contribution in [0.15, 0.2) is 11.1 Å². The van der Waals surface area contributed by atoms with Crippen molar-refractivity contribution in [2.45, 2.75) is 4.90 Å². The molecule has 1 heterocycles. The van der Waals surface area contributed by atoms with Crippen molar-refractivity contribution in [2.24, 2.45) is 0 Å². The van der Waals surface area contributed by atoms with E-state index in [0.29, 0.717) is 0 Å². The van der Waals surface area contributed by atoms with Gasteiger partial charge in [0.05, 0.1) is 11.9 Å². The molecule has 0 spiro atoms. The molecule has 0 amide bonds. The Morgan fingerprint density at radius 2 is 2.06 bits per heavy atom. The molecule has 1 aromatic rings. The van der Waals surface area contributed by atoms with Gasteiger partial charge in [-0.2, -0.15) is 5.10 Å². The van der Waals surface area contributed by atoms with Gasteiger partial charge in [-0.1, -0.05) is 0 Å². The number of nitrogen functional groups attached to an aromatic ring is 1. The highest BCUT2D eigenvalue weighted by Crippen LogP contribution is 2.12. The maximum atomic E-state index is 11.6. The van der Waals surface area contributed by atoms with Crippen molar-refractivity contribution in [2.75, 3.05) is 25.1 Å². The highest BCUT2D eigenvalue weighted by molar-refractivity contribution is 7.90. The zero-order valence-corrected chi connectivity index (χ0v) is 10.6. The summed E-state index contributed by atoms with van der Waals surface area (Å²) in [7, 11) is -6.04. The number of sulfonamides is 2. The van der Waals surface area contributed by atoms with Gasteiger partial charge in [0.25, 0.3) is 0 Å². The zero-order chi connectivity index (χ0) is 13.1. The summed E-state index contributed by atoms with van der Waals surface area (Å²) in [5.41, 5.74) is 5.34. The lowest BCUT2D eigenvalue weighted by atomic mass is 10.7. The van der Waals surface area contributed by atoms with Crippen LogP contribution >= 0.6 is 0 Å². The van der Waals surface area contributed by atoms with E-state index in [4.69, 9.17) is 5.73 Å². The molecule has 0 unspecified atom stereocenters. The number of nitrogens with zero attached hydrogens (tertiary/aromatic N) is 1. The molecule has 0 atom stereocenters. The molecule has 0 saturated heterocycles. The molecule has 0 saturated carbocycles. The number of nitrogens with one attached hydrogen (secondary N) is 3. The van der Waals surface area contributed by atoms with E-state index in [1.165, 1.54) is 7.05 Å².